The topological polar surface area (TPSA) is 86.6 Å². The minimum atomic E-state index is -1.09. The molecule has 0 heterocycles. The monoisotopic (exact) mass is 291 g/mol. The Morgan fingerprint density at radius 3 is 2.38 bits per heavy atom. The molecule has 5 nitrogen and oxygen atoms in total. The Kier molecular flexibility index (Phi) is 4.63. The number of carbonyl (C=O) groups is 2. The van der Waals surface area contributed by atoms with Gasteiger partial charge in [0.15, 0.2) is 0 Å². The third-order valence-electron chi connectivity index (χ3n) is 4.27. The predicted octanol–water partition coefficient (Wildman–Crippen LogP) is 1.89. The van der Waals surface area contributed by atoms with Gasteiger partial charge in [-0.1, -0.05) is 18.6 Å². The molecule has 3 N–H and O–H groups in total. The predicted molar refractivity (Wildman–Crippen MR) is 78.6 cm³/mol. The van der Waals surface area contributed by atoms with Gasteiger partial charge in [0.2, 0.25) is 0 Å². The van der Waals surface area contributed by atoms with Crippen molar-refractivity contribution in [1.29, 1.82) is 0 Å². The first-order chi connectivity index (χ1) is 9.95. The van der Waals surface area contributed by atoms with Crippen molar-refractivity contribution in [3.63, 3.8) is 0 Å². The number of nitrogens with one attached hydrogen (secondary N) is 1. The number of benzene rings is 1. The van der Waals surface area contributed by atoms with Crippen molar-refractivity contribution in [1.82, 2.24) is 5.32 Å². The maximum atomic E-state index is 12.5. The Morgan fingerprint density at radius 1 is 1.19 bits per heavy atom. The van der Waals surface area contributed by atoms with Crippen LogP contribution in [0.5, 0.6) is 0 Å². The normalized spacial score (nSPS) is 21.3. The van der Waals surface area contributed by atoms with Crippen molar-refractivity contribution < 1.29 is 19.8 Å². The van der Waals surface area contributed by atoms with E-state index in [2.05, 4.69) is 5.32 Å². The lowest BCUT2D eigenvalue weighted by Gasteiger charge is -2.20. The fourth-order valence-corrected chi connectivity index (χ4v) is 3.07. The summed E-state index contributed by atoms with van der Waals surface area (Å²) in [5.74, 6) is -1.39. The van der Waals surface area contributed by atoms with E-state index in [-0.39, 0.29) is 35.6 Å². The van der Waals surface area contributed by atoms with Crippen LogP contribution in [0.2, 0.25) is 0 Å². The van der Waals surface area contributed by atoms with Crippen LogP contribution in [0, 0.1) is 19.8 Å². The zero-order valence-electron chi connectivity index (χ0n) is 12.3. The van der Waals surface area contributed by atoms with E-state index in [9.17, 15) is 19.8 Å². The Balaban J connectivity index is 2.31. The molecule has 1 aliphatic carbocycles. The first-order valence-electron chi connectivity index (χ1n) is 7.21. The highest BCUT2D eigenvalue weighted by atomic mass is 16.4. The molecule has 0 saturated heterocycles. The van der Waals surface area contributed by atoms with E-state index < -0.39 is 5.97 Å². The van der Waals surface area contributed by atoms with Crippen LogP contribution in [-0.2, 0) is 0 Å². The number of aromatic carboxylic acids is 1. The fraction of sp³-hybridized carbons (Fsp3) is 0.500. The standard InChI is InChI=1S/C16H21NO4/c1-9-6-7-10(2)14(16(20)21)13(9)15(19)17-12-5-3-4-11(12)8-18/h6-7,11-12,18H,3-5,8H2,1-2H3,(H,17,19)(H,20,21). The summed E-state index contributed by atoms with van der Waals surface area (Å²) in [6, 6.07) is 3.39. The van der Waals surface area contributed by atoms with E-state index in [1.54, 1.807) is 26.0 Å². The number of hydrogen-bond donors (Lipinski definition) is 3. The van der Waals surface area contributed by atoms with Crippen molar-refractivity contribution in [2.75, 3.05) is 6.61 Å². The van der Waals surface area contributed by atoms with Gasteiger partial charge in [0.05, 0.1) is 11.1 Å². The fourth-order valence-electron chi connectivity index (χ4n) is 3.07. The maximum Gasteiger partial charge on any atom is 0.336 e. The first-order valence-corrected chi connectivity index (χ1v) is 7.21. The number of carboxylic acid groups (broad SMARTS) is 1. The summed E-state index contributed by atoms with van der Waals surface area (Å²) in [6.07, 6.45) is 2.68. The van der Waals surface area contributed by atoms with Crippen LogP contribution < -0.4 is 5.32 Å². The van der Waals surface area contributed by atoms with E-state index in [0.29, 0.717) is 11.1 Å². The minimum Gasteiger partial charge on any atom is -0.478 e. The molecule has 2 unspecified atom stereocenters. The molecule has 0 aromatic heterocycles. The summed E-state index contributed by atoms with van der Waals surface area (Å²) in [4.78, 5) is 23.9. The highest BCUT2D eigenvalue weighted by Gasteiger charge is 2.30. The highest BCUT2D eigenvalue weighted by Crippen LogP contribution is 2.26. The number of carboxylic acids is 1. The molecule has 0 aliphatic heterocycles. The molecule has 1 amide bonds. The Labute approximate surface area is 124 Å². The second-order valence-electron chi connectivity index (χ2n) is 5.71. The molecule has 1 aliphatic rings. The molecule has 1 fully saturated rings. The van der Waals surface area contributed by atoms with E-state index in [4.69, 9.17) is 0 Å². The molecule has 0 bridgehead atoms. The molecule has 0 spiro atoms. The molecule has 1 aromatic rings. The molecule has 0 radical (unpaired) electrons. The maximum absolute atomic E-state index is 12.5. The summed E-state index contributed by atoms with van der Waals surface area (Å²) >= 11 is 0. The van der Waals surface area contributed by atoms with Gasteiger partial charge in [0, 0.05) is 18.6 Å². The first kappa shape index (κ1) is 15.5. The molecule has 1 saturated carbocycles. The van der Waals surface area contributed by atoms with Gasteiger partial charge in [0.25, 0.3) is 5.91 Å². The van der Waals surface area contributed by atoms with E-state index in [1.165, 1.54) is 0 Å². The Morgan fingerprint density at radius 2 is 1.81 bits per heavy atom. The van der Waals surface area contributed by atoms with Crippen LogP contribution in [-0.4, -0.2) is 34.7 Å². The van der Waals surface area contributed by atoms with Gasteiger partial charge in [-0.2, -0.15) is 0 Å². The Hall–Kier alpha value is -1.88. The van der Waals surface area contributed by atoms with Gasteiger partial charge >= 0.3 is 5.97 Å². The smallest absolute Gasteiger partial charge is 0.336 e. The summed E-state index contributed by atoms with van der Waals surface area (Å²) < 4.78 is 0. The van der Waals surface area contributed by atoms with Crippen LogP contribution in [0.4, 0.5) is 0 Å². The van der Waals surface area contributed by atoms with Gasteiger partial charge in [0.1, 0.15) is 0 Å². The number of carbonyl (C=O) groups excluding carboxylic acids is 1. The molecule has 21 heavy (non-hydrogen) atoms. The molecule has 1 aromatic carbocycles. The molecular weight excluding hydrogens is 270 g/mol. The lowest BCUT2D eigenvalue weighted by molar-refractivity contribution is 0.0688. The van der Waals surface area contributed by atoms with Crippen LogP contribution in [0.25, 0.3) is 0 Å². The van der Waals surface area contributed by atoms with Gasteiger partial charge < -0.3 is 15.5 Å². The summed E-state index contributed by atoms with van der Waals surface area (Å²) in [6.45, 7) is 3.47. The van der Waals surface area contributed by atoms with Gasteiger partial charge in [-0.3, -0.25) is 4.79 Å². The molecule has 114 valence electrons. The number of aliphatic hydroxyl groups is 1. The van der Waals surface area contributed by atoms with Crippen molar-refractivity contribution in [3.05, 3.63) is 34.4 Å². The third-order valence-corrected chi connectivity index (χ3v) is 4.27. The van der Waals surface area contributed by atoms with Gasteiger partial charge in [-0.25, -0.2) is 4.79 Å². The van der Waals surface area contributed by atoms with Crippen molar-refractivity contribution in [2.45, 2.75) is 39.2 Å². The minimum absolute atomic E-state index is 0.0452. The number of rotatable bonds is 4. The lowest BCUT2D eigenvalue weighted by Crippen LogP contribution is -2.39. The van der Waals surface area contributed by atoms with E-state index in [0.717, 1.165) is 19.3 Å². The molecular formula is C16H21NO4. The quantitative estimate of drug-likeness (QED) is 0.790. The van der Waals surface area contributed by atoms with E-state index in [1.807, 2.05) is 0 Å². The zero-order valence-corrected chi connectivity index (χ0v) is 12.3. The van der Waals surface area contributed by atoms with Crippen LogP contribution in [0.3, 0.4) is 0 Å². The van der Waals surface area contributed by atoms with E-state index >= 15 is 0 Å². The van der Waals surface area contributed by atoms with Gasteiger partial charge in [-0.15, -0.1) is 0 Å². The number of amides is 1. The molecule has 2 atom stereocenters. The van der Waals surface area contributed by atoms with Crippen molar-refractivity contribution in [3.8, 4) is 0 Å². The molecule has 5 heteroatoms. The van der Waals surface area contributed by atoms with Crippen LogP contribution in [0.1, 0.15) is 51.1 Å². The van der Waals surface area contributed by atoms with Crippen molar-refractivity contribution >= 4 is 11.9 Å². The second-order valence-corrected chi connectivity index (χ2v) is 5.71. The zero-order chi connectivity index (χ0) is 15.6. The largest absolute Gasteiger partial charge is 0.478 e. The summed E-state index contributed by atoms with van der Waals surface area (Å²) in [7, 11) is 0. The average molecular weight is 291 g/mol. The van der Waals surface area contributed by atoms with Crippen LogP contribution in [0.15, 0.2) is 12.1 Å². The van der Waals surface area contributed by atoms with Gasteiger partial charge in [-0.05, 0) is 37.8 Å². The number of aryl methyl sites for hydroxylation is 2. The SMILES string of the molecule is Cc1ccc(C)c(C(=O)NC2CCCC2CO)c1C(=O)O. The lowest BCUT2D eigenvalue weighted by atomic mass is 9.95. The number of aliphatic hydroxyl groups excluding tert-OH is 1. The third kappa shape index (κ3) is 3.08. The number of hydrogen-bond acceptors (Lipinski definition) is 3. The average Bonchev–Trinajstić information content (AvgIpc) is 2.87. The second kappa shape index (κ2) is 6.26. The summed E-state index contributed by atoms with van der Waals surface area (Å²) in [5, 5.41) is 21.6. The van der Waals surface area contributed by atoms with Crippen LogP contribution >= 0.6 is 0 Å². The highest BCUT2D eigenvalue weighted by molar-refractivity contribution is 6.06. The summed E-state index contributed by atoms with van der Waals surface area (Å²) in [5.41, 5.74) is 1.51. The molecule has 2 rings (SSSR count). The Bertz CT molecular complexity index is 568. The van der Waals surface area contributed by atoms with Crippen molar-refractivity contribution in [2.24, 2.45) is 5.92 Å².